The summed E-state index contributed by atoms with van der Waals surface area (Å²) in [6.07, 6.45) is 3.21. The fraction of sp³-hybridized carbons (Fsp3) is 0.929. The molecule has 0 radical (unpaired) electrons. The number of nitrogens with zero attached hydrogens (tertiary/aromatic N) is 2. The summed E-state index contributed by atoms with van der Waals surface area (Å²) in [6.45, 7) is 8.00. The van der Waals surface area contributed by atoms with Crippen LogP contribution in [0, 0.1) is 5.92 Å². The van der Waals surface area contributed by atoms with E-state index >= 15 is 0 Å². The van der Waals surface area contributed by atoms with Gasteiger partial charge in [0.1, 0.15) is 0 Å². The van der Waals surface area contributed by atoms with Crippen LogP contribution >= 0.6 is 0 Å². The first kappa shape index (κ1) is 15.4. The number of amides is 1. The first-order chi connectivity index (χ1) is 8.54. The van der Waals surface area contributed by atoms with Gasteiger partial charge in [-0.25, -0.2) is 0 Å². The number of rotatable bonds is 6. The van der Waals surface area contributed by atoms with Gasteiger partial charge in [-0.2, -0.15) is 0 Å². The predicted octanol–water partition coefficient (Wildman–Crippen LogP) is 1.17. The van der Waals surface area contributed by atoms with Gasteiger partial charge in [0.2, 0.25) is 5.91 Å². The molecule has 18 heavy (non-hydrogen) atoms. The molecule has 1 rings (SSSR count). The Morgan fingerprint density at radius 3 is 2.56 bits per heavy atom. The number of carbonyl (C=O) groups is 1. The van der Waals surface area contributed by atoms with E-state index in [0.717, 1.165) is 39.0 Å². The van der Waals surface area contributed by atoms with Gasteiger partial charge in [-0.1, -0.05) is 13.8 Å². The van der Waals surface area contributed by atoms with Crippen molar-refractivity contribution in [2.24, 2.45) is 5.92 Å². The lowest BCUT2D eigenvalue weighted by Crippen LogP contribution is -2.51. The molecule has 1 saturated heterocycles. The van der Waals surface area contributed by atoms with Crippen molar-refractivity contribution < 1.29 is 4.79 Å². The molecule has 0 saturated carbocycles. The Morgan fingerprint density at radius 1 is 1.28 bits per heavy atom. The van der Waals surface area contributed by atoms with Crippen molar-refractivity contribution in [3.63, 3.8) is 0 Å². The molecule has 1 amide bonds. The van der Waals surface area contributed by atoms with Gasteiger partial charge in [0.25, 0.3) is 0 Å². The number of hydrogen-bond acceptors (Lipinski definition) is 3. The quantitative estimate of drug-likeness (QED) is 0.774. The molecule has 1 N–H and O–H groups in total. The minimum atomic E-state index is 0.0439. The maximum Gasteiger partial charge on any atom is 0.239 e. The Kier molecular flexibility index (Phi) is 6.65. The lowest BCUT2D eigenvalue weighted by molar-refractivity contribution is -0.134. The van der Waals surface area contributed by atoms with E-state index < -0.39 is 0 Å². The van der Waals surface area contributed by atoms with Gasteiger partial charge in [0.05, 0.1) is 6.04 Å². The largest absolute Gasteiger partial charge is 0.340 e. The molecule has 1 aliphatic heterocycles. The van der Waals surface area contributed by atoms with Crippen LogP contribution in [0.25, 0.3) is 0 Å². The summed E-state index contributed by atoms with van der Waals surface area (Å²) in [6, 6.07) is 0.0439. The number of likely N-dealkylation sites (N-methyl/N-ethyl adjacent to an activating group) is 1. The summed E-state index contributed by atoms with van der Waals surface area (Å²) in [5, 5.41) is 3.37. The van der Waals surface area contributed by atoms with Crippen LogP contribution in [0.1, 0.15) is 33.1 Å². The number of carbonyl (C=O) groups excluding carboxylic acids is 1. The maximum atomic E-state index is 12.5. The molecule has 1 aliphatic rings. The van der Waals surface area contributed by atoms with Crippen molar-refractivity contribution >= 4 is 5.91 Å². The summed E-state index contributed by atoms with van der Waals surface area (Å²) < 4.78 is 0. The fourth-order valence-corrected chi connectivity index (χ4v) is 2.44. The lowest BCUT2D eigenvalue weighted by Gasteiger charge is -2.32. The van der Waals surface area contributed by atoms with Gasteiger partial charge < -0.3 is 15.1 Å². The van der Waals surface area contributed by atoms with Crippen LogP contribution in [-0.4, -0.2) is 62.0 Å². The summed E-state index contributed by atoms with van der Waals surface area (Å²) in [4.78, 5) is 16.6. The van der Waals surface area contributed by atoms with E-state index in [9.17, 15) is 4.79 Å². The Hall–Kier alpha value is -0.610. The highest BCUT2D eigenvalue weighted by atomic mass is 16.2. The highest BCUT2D eigenvalue weighted by Crippen LogP contribution is 2.16. The molecule has 2 unspecified atom stereocenters. The number of hydrogen-bond donors (Lipinski definition) is 1. The smallest absolute Gasteiger partial charge is 0.239 e. The summed E-state index contributed by atoms with van der Waals surface area (Å²) in [5.74, 6) is 0.961. The van der Waals surface area contributed by atoms with Crippen molar-refractivity contribution in [1.29, 1.82) is 0 Å². The summed E-state index contributed by atoms with van der Waals surface area (Å²) >= 11 is 0. The van der Waals surface area contributed by atoms with E-state index in [0.29, 0.717) is 11.8 Å². The molecule has 1 fully saturated rings. The van der Waals surface area contributed by atoms with E-state index in [4.69, 9.17) is 0 Å². The SMILES string of the molecule is CCCN(CCN(C)C)C(=O)C1CC(C)CCN1. The van der Waals surface area contributed by atoms with Crippen LogP contribution in [0.15, 0.2) is 0 Å². The van der Waals surface area contributed by atoms with Crippen molar-refractivity contribution in [1.82, 2.24) is 15.1 Å². The summed E-state index contributed by atoms with van der Waals surface area (Å²) in [5.41, 5.74) is 0. The average Bonchev–Trinajstić information content (AvgIpc) is 2.33. The molecule has 2 atom stereocenters. The average molecular weight is 255 g/mol. The van der Waals surface area contributed by atoms with E-state index in [2.05, 4.69) is 38.2 Å². The molecule has 0 aromatic carbocycles. The first-order valence-corrected chi connectivity index (χ1v) is 7.21. The fourth-order valence-electron chi connectivity index (χ4n) is 2.44. The zero-order chi connectivity index (χ0) is 13.5. The molecule has 1 heterocycles. The van der Waals surface area contributed by atoms with Crippen LogP contribution in [0.3, 0.4) is 0 Å². The van der Waals surface area contributed by atoms with Gasteiger partial charge in [0.15, 0.2) is 0 Å². The zero-order valence-electron chi connectivity index (χ0n) is 12.4. The van der Waals surface area contributed by atoms with E-state index in [1.807, 2.05) is 4.90 Å². The predicted molar refractivity (Wildman–Crippen MR) is 75.6 cm³/mol. The molecule has 4 heteroatoms. The molecule has 0 aliphatic carbocycles. The number of nitrogens with one attached hydrogen (secondary N) is 1. The standard InChI is InChI=1S/C14H29N3O/c1-5-8-17(10-9-16(3)4)14(18)13-11-12(2)6-7-15-13/h12-13,15H,5-11H2,1-4H3. The molecule has 4 nitrogen and oxygen atoms in total. The number of piperidine rings is 1. The Labute approximate surface area is 112 Å². The normalized spacial score (nSPS) is 24.3. The van der Waals surface area contributed by atoms with Gasteiger partial charge >= 0.3 is 0 Å². The van der Waals surface area contributed by atoms with E-state index in [-0.39, 0.29) is 6.04 Å². The first-order valence-electron chi connectivity index (χ1n) is 7.21. The van der Waals surface area contributed by atoms with Crippen LogP contribution in [0.2, 0.25) is 0 Å². The monoisotopic (exact) mass is 255 g/mol. The van der Waals surface area contributed by atoms with Crippen LogP contribution in [-0.2, 0) is 4.79 Å². The van der Waals surface area contributed by atoms with Crippen LogP contribution in [0.4, 0.5) is 0 Å². The third kappa shape index (κ3) is 4.94. The van der Waals surface area contributed by atoms with Gasteiger partial charge in [-0.3, -0.25) is 4.79 Å². The molecular formula is C14H29N3O. The molecule has 0 bridgehead atoms. The highest BCUT2D eigenvalue weighted by molar-refractivity contribution is 5.82. The van der Waals surface area contributed by atoms with Crippen molar-refractivity contribution in [2.45, 2.75) is 39.2 Å². The van der Waals surface area contributed by atoms with Gasteiger partial charge in [-0.05, 0) is 45.8 Å². The highest BCUT2D eigenvalue weighted by Gasteiger charge is 2.27. The Balaban J connectivity index is 2.51. The molecular weight excluding hydrogens is 226 g/mol. The third-order valence-corrected chi connectivity index (χ3v) is 3.59. The van der Waals surface area contributed by atoms with Crippen molar-refractivity contribution in [3.8, 4) is 0 Å². The summed E-state index contributed by atoms with van der Waals surface area (Å²) in [7, 11) is 4.10. The lowest BCUT2D eigenvalue weighted by atomic mass is 9.93. The second-order valence-electron chi connectivity index (χ2n) is 5.76. The second-order valence-corrected chi connectivity index (χ2v) is 5.76. The Bertz CT molecular complexity index is 255. The van der Waals surface area contributed by atoms with Gasteiger partial charge in [0, 0.05) is 19.6 Å². The molecule has 0 spiro atoms. The maximum absolute atomic E-state index is 12.5. The Morgan fingerprint density at radius 2 is 2.00 bits per heavy atom. The minimum Gasteiger partial charge on any atom is -0.340 e. The minimum absolute atomic E-state index is 0.0439. The van der Waals surface area contributed by atoms with E-state index in [1.165, 1.54) is 6.42 Å². The second kappa shape index (κ2) is 7.74. The third-order valence-electron chi connectivity index (χ3n) is 3.59. The van der Waals surface area contributed by atoms with E-state index in [1.54, 1.807) is 0 Å². The zero-order valence-corrected chi connectivity index (χ0v) is 12.4. The van der Waals surface area contributed by atoms with Crippen LogP contribution < -0.4 is 5.32 Å². The topological polar surface area (TPSA) is 35.6 Å². The van der Waals surface area contributed by atoms with Crippen molar-refractivity contribution in [3.05, 3.63) is 0 Å². The van der Waals surface area contributed by atoms with Gasteiger partial charge in [-0.15, -0.1) is 0 Å². The molecule has 0 aromatic rings. The van der Waals surface area contributed by atoms with Crippen molar-refractivity contribution in [2.75, 3.05) is 40.3 Å². The molecule has 0 aromatic heterocycles. The van der Waals surface area contributed by atoms with Crippen LogP contribution in [0.5, 0.6) is 0 Å². The molecule has 106 valence electrons.